The van der Waals surface area contributed by atoms with Crippen molar-refractivity contribution in [1.29, 1.82) is 0 Å². The number of fused-ring (bicyclic) bond motifs is 1. The Kier molecular flexibility index (Phi) is 3.69. The van der Waals surface area contributed by atoms with Crippen molar-refractivity contribution in [3.8, 4) is 17.0 Å². The molecule has 136 valence electrons. The number of nitrogens with zero attached hydrogens (tertiary/aromatic N) is 3. The summed E-state index contributed by atoms with van der Waals surface area (Å²) in [4.78, 5) is 4.40. The molecule has 1 aromatic carbocycles. The van der Waals surface area contributed by atoms with E-state index in [0.29, 0.717) is 30.2 Å². The molecule has 4 rings (SSSR count). The molecule has 0 atom stereocenters. The quantitative estimate of drug-likeness (QED) is 0.726. The summed E-state index contributed by atoms with van der Waals surface area (Å²) >= 11 is 0. The van der Waals surface area contributed by atoms with Gasteiger partial charge in [0.1, 0.15) is 5.75 Å². The molecule has 1 aliphatic carbocycles. The smallest absolute Gasteiger partial charge is 0.416 e. The third-order valence-electron chi connectivity index (χ3n) is 4.75. The zero-order valence-corrected chi connectivity index (χ0v) is 13.8. The lowest BCUT2D eigenvalue weighted by molar-refractivity contribution is -0.137. The SMILES string of the molecule is Cc1cc(C(F)(F)F)cc(O)c1-c1ccc2cn(C3CC(O)C3)nc2n1. The first-order valence-corrected chi connectivity index (χ1v) is 8.17. The van der Waals surface area contributed by atoms with Gasteiger partial charge in [-0.25, -0.2) is 4.98 Å². The summed E-state index contributed by atoms with van der Waals surface area (Å²) in [6.07, 6.45) is -1.71. The fourth-order valence-electron chi connectivity index (χ4n) is 3.29. The average Bonchev–Trinajstić information content (AvgIpc) is 2.93. The molecule has 3 aromatic rings. The lowest BCUT2D eigenvalue weighted by Gasteiger charge is -2.31. The first-order chi connectivity index (χ1) is 12.2. The highest BCUT2D eigenvalue weighted by Crippen LogP contribution is 2.39. The van der Waals surface area contributed by atoms with Crippen molar-refractivity contribution in [3.05, 3.63) is 41.6 Å². The summed E-state index contributed by atoms with van der Waals surface area (Å²) < 4.78 is 40.4. The number of benzene rings is 1. The van der Waals surface area contributed by atoms with Gasteiger partial charge in [0.15, 0.2) is 5.65 Å². The molecule has 0 amide bonds. The molecule has 1 aliphatic rings. The Balaban J connectivity index is 1.75. The highest BCUT2D eigenvalue weighted by atomic mass is 19.4. The largest absolute Gasteiger partial charge is 0.507 e. The molecule has 2 heterocycles. The Morgan fingerprint density at radius 1 is 1.19 bits per heavy atom. The van der Waals surface area contributed by atoms with E-state index in [1.807, 2.05) is 6.20 Å². The third kappa shape index (κ3) is 2.80. The Morgan fingerprint density at radius 3 is 2.54 bits per heavy atom. The number of pyridine rings is 1. The molecule has 26 heavy (non-hydrogen) atoms. The number of rotatable bonds is 2. The van der Waals surface area contributed by atoms with Crippen molar-refractivity contribution in [3.63, 3.8) is 0 Å². The van der Waals surface area contributed by atoms with Crippen LogP contribution in [0, 0.1) is 6.92 Å². The Hall–Kier alpha value is -2.61. The molecule has 1 saturated carbocycles. The van der Waals surface area contributed by atoms with Gasteiger partial charge in [-0.05, 0) is 49.6 Å². The molecule has 0 spiro atoms. The fraction of sp³-hybridized carbons (Fsp3) is 0.333. The maximum atomic E-state index is 12.9. The second-order valence-corrected chi connectivity index (χ2v) is 6.68. The number of aromatic nitrogens is 3. The zero-order chi connectivity index (χ0) is 18.6. The normalized spacial score (nSPS) is 20.3. The van der Waals surface area contributed by atoms with E-state index in [2.05, 4.69) is 10.1 Å². The van der Waals surface area contributed by atoms with Crippen molar-refractivity contribution >= 4 is 11.0 Å². The second-order valence-electron chi connectivity index (χ2n) is 6.68. The highest BCUT2D eigenvalue weighted by Gasteiger charge is 2.32. The van der Waals surface area contributed by atoms with Crippen molar-refractivity contribution in [2.75, 3.05) is 0 Å². The number of phenols is 1. The Labute approximate surface area is 146 Å². The molecule has 0 bridgehead atoms. The van der Waals surface area contributed by atoms with E-state index in [1.54, 1.807) is 16.8 Å². The van der Waals surface area contributed by atoms with Crippen LogP contribution >= 0.6 is 0 Å². The number of aliphatic hydroxyl groups is 1. The van der Waals surface area contributed by atoms with Crippen LogP contribution in [0.5, 0.6) is 5.75 Å². The number of alkyl halides is 3. The van der Waals surface area contributed by atoms with Gasteiger partial charge < -0.3 is 10.2 Å². The maximum Gasteiger partial charge on any atom is 0.416 e. The van der Waals surface area contributed by atoms with E-state index < -0.39 is 17.5 Å². The molecule has 5 nitrogen and oxygen atoms in total. The minimum Gasteiger partial charge on any atom is -0.507 e. The predicted molar refractivity (Wildman–Crippen MR) is 88.6 cm³/mol. The van der Waals surface area contributed by atoms with Gasteiger partial charge in [-0.2, -0.15) is 18.3 Å². The van der Waals surface area contributed by atoms with Crippen LogP contribution in [0.2, 0.25) is 0 Å². The molecule has 2 N–H and O–H groups in total. The first kappa shape index (κ1) is 16.8. The van der Waals surface area contributed by atoms with E-state index in [0.717, 1.165) is 11.5 Å². The number of aryl methyl sites for hydroxylation is 1. The maximum absolute atomic E-state index is 12.9. The number of aromatic hydroxyl groups is 1. The monoisotopic (exact) mass is 363 g/mol. The molecule has 8 heteroatoms. The molecule has 2 aromatic heterocycles. The van der Waals surface area contributed by atoms with E-state index >= 15 is 0 Å². The third-order valence-corrected chi connectivity index (χ3v) is 4.75. The van der Waals surface area contributed by atoms with Crippen molar-refractivity contribution in [2.24, 2.45) is 0 Å². The molecule has 1 fully saturated rings. The molecular formula is C18H16F3N3O2. The van der Waals surface area contributed by atoms with Crippen LogP contribution in [0.25, 0.3) is 22.3 Å². The van der Waals surface area contributed by atoms with Crippen LogP contribution < -0.4 is 0 Å². The first-order valence-electron chi connectivity index (χ1n) is 8.17. The van der Waals surface area contributed by atoms with Crippen LogP contribution in [0.15, 0.2) is 30.5 Å². The molecule has 0 unspecified atom stereocenters. The number of phenolic OH excluding ortho intramolecular Hbond substituents is 1. The lowest BCUT2D eigenvalue weighted by atomic mass is 9.90. The lowest BCUT2D eigenvalue weighted by Crippen LogP contribution is -2.31. The zero-order valence-electron chi connectivity index (χ0n) is 13.8. The predicted octanol–water partition coefficient (Wildman–Crippen LogP) is 3.83. The molecular weight excluding hydrogens is 347 g/mol. The van der Waals surface area contributed by atoms with E-state index in [1.165, 1.54) is 6.92 Å². The minimum atomic E-state index is -4.52. The van der Waals surface area contributed by atoms with E-state index in [-0.39, 0.29) is 23.3 Å². The number of aliphatic hydroxyl groups excluding tert-OH is 1. The van der Waals surface area contributed by atoms with Gasteiger partial charge in [0.2, 0.25) is 0 Å². The van der Waals surface area contributed by atoms with Crippen molar-refractivity contribution in [2.45, 2.75) is 38.1 Å². The standard InChI is InChI=1S/C18H16F3N3O2/c1-9-4-11(18(19,20)21)5-15(26)16(9)14-3-2-10-8-24(23-17(10)22-14)12-6-13(25)7-12/h2-5,8,12-13,25-26H,6-7H2,1H3. The van der Waals surface area contributed by atoms with Crippen LogP contribution in [-0.2, 0) is 6.18 Å². The number of hydrogen-bond donors (Lipinski definition) is 2. The van der Waals surface area contributed by atoms with Gasteiger partial charge in [-0.15, -0.1) is 0 Å². The van der Waals surface area contributed by atoms with Gasteiger partial charge in [0, 0.05) is 17.1 Å². The summed E-state index contributed by atoms with van der Waals surface area (Å²) in [7, 11) is 0. The van der Waals surface area contributed by atoms with Crippen LogP contribution in [0.3, 0.4) is 0 Å². The molecule has 0 saturated heterocycles. The topological polar surface area (TPSA) is 71.2 Å². The van der Waals surface area contributed by atoms with Gasteiger partial charge in [0.05, 0.1) is 23.4 Å². The van der Waals surface area contributed by atoms with Crippen LogP contribution in [-0.4, -0.2) is 31.1 Å². The summed E-state index contributed by atoms with van der Waals surface area (Å²) in [5.41, 5.74) is 0.451. The van der Waals surface area contributed by atoms with Gasteiger partial charge in [-0.3, -0.25) is 4.68 Å². The van der Waals surface area contributed by atoms with Gasteiger partial charge in [0.25, 0.3) is 0 Å². The summed E-state index contributed by atoms with van der Waals surface area (Å²) in [6.45, 7) is 1.50. The minimum absolute atomic E-state index is 0.129. The van der Waals surface area contributed by atoms with Crippen molar-refractivity contribution < 1.29 is 23.4 Å². The van der Waals surface area contributed by atoms with Gasteiger partial charge >= 0.3 is 6.18 Å². The van der Waals surface area contributed by atoms with Crippen molar-refractivity contribution in [1.82, 2.24) is 14.8 Å². The second kappa shape index (κ2) is 5.70. The van der Waals surface area contributed by atoms with Gasteiger partial charge in [-0.1, -0.05) is 0 Å². The Bertz CT molecular complexity index is 968. The molecule has 0 radical (unpaired) electrons. The van der Waals surface area contributed by atoms with Crippen LogP contribution in [0.4, 0.5) is 13.2 Å². The van der Waals surface area contributed by atoms with E-state index in [4.69, 9.17) is 0 Å². The fourth-order valence-corrected chi connectivity index (χ4v) is 3.29. The summed E-state index contributed by atoms with van der Waals surface area (Å²) in [6, 6.07) is 5.26. The number of hydrogen-bond acceptors (Lipinski definition) is 4. The average molecular weight is 363 g/mol. The summed E-state index contributed by atoms with van der Waals surface area (Å²) in [5, 5.41) is 24.8. The van der Waals surface area contributed by atoms with Crippen LogP contribution in [0.1, 0.15) is 30.0 Å². The Morgan fingerprint density at radius 2 is 1.92 bits per heavy atom. The number of halogens is 3. The highest BCUT2D eigenvalue weighted by molar-refractivity contribution is 5.80. The molecule has 0 aliphatic heterocycles. The summed E-state index contributed by atoms with van der Waals surface area (Å²) in [5.74, 6) is -0.467. The van der Waals surface area contributed by atoms with E-state index in [9.17, 15) is 23.4 Å².